The minimum atomic E-state index is -0.0890. The standard InChI is InChI=1S/C35H33N/c1-6-8-13-25(7-2)26-17-19-31-32-20-18-29(23-34(32)35(4,5)33(31)22-26)36-28-15-11-14-27(21-28)30-16-10-9-12-24(30)3/h6-23,36H,2H2,1,3-5H3/b8-6-,25-13+. The molecule has 1 aliphatic rings. The van der Waals surface area contributed by atoms with Gasteiger partial charge in [0.05, 0.1) is 0 Å². The number of anilines is 2. The van der Waals surface area contributed by atoms with Crippen LogP contribution in [-0.4, -0.2) is 0 Å². The molecule has 1 N–H and O–H groups in total. The van der Waals surface area contributed by atoms with Crippen molar-refractivity contribution in [1.29, 1.82) is 0 Å². The summed E-state index contributed by atoms with van der Waals surface area (Å²) in [4.78, 5) is 0. The van der Waals surface area contributed by atoms with Gasteiger partial charge in [-0.1, -0.05) is 99.3 Å². The lowest BCUT2D eigenvalue weighted by Crippen LogP contribution is -2.15. The predicted octanol–water partition coefficient (Wildman–Crippen LogP) is 9.86. The molecule has 4 aromatic carbocycles. The molecule has 0 saturated carbocycles. The quantitative estimate of drug-likeness (QED) is 0.278. The maximum atomic E-state index is 4.03. The summed E-state index contributed by atoms with van der Waals surface area (Å²) in [6.07, 6.45) is 8.17. The third-order valence-electron chi connectivity index (χ3n) is 7.30. The third-order valence-corrected chi connectivity index (χ3v) is 7.30. The van der Waals surface area contributed by atoms with Gasteiger partial charge in [-0.3, -0.25) is 0 Å². The molecular weight excluding hydrogens is 434 g/mol. The number of rotatable bonds is 6. The van der Waals surface area contributed by atoms with Gasteiger partial charge in [0.2, 0.25) is 0 Å². The van der Waals surface area contributed by atoms with Crippen molar-refractivity contribution >= 4 is 16.9 Å². The molecule has 0 aliphatic heterocycles. The monoisotopic (exact) mass is 467 g/mol. The molecule has 4 aromatic rings. The van der Waals surface area contributed by atoms with Crippen molar-refractivity contribution in [2.45, 2.75) is 33.1 Å². The molecule has 0 radical (unpaired) electrons. The average molecular weight is 468 g/mol. The molecule has 0 atom stereocenters. The molecule has 1 heteroatoms. The van der Waals surface area contributed by atoms with Crippen molar-refractivity contribution in [3.63, 3.8) is 0 Å². The predicted molar refractivity (Wildman–Crippen MR) is 157 cm³/mol. The van der Waals surface area contributed by atoms with Crippen LogP contribution in [0.3, 0.4) is 0 Å². The van der Waals surface area contributed by atoms with Gasteiger partial charge in [0.25, 0.3) is 0 Å². The first-order chi connectivity index (χ1) is 17.4. The fourth-order valence-corrected chi connectivity index (χ4v) is 5.30. The second-order valence-electron chi connectivity index (χ2n) is 10.0. The van der Waals surface area contributed by atoms with Gasteiger partial charge in [0.15, 0.2) is 0 Å². The fraction of sp³-hybridized carbons (Fsp3) is 0.143. The Morgan fingerprint density at radius 2 is 1.50 bits per heavy atom. The van der Waals surface area contributed by atoms with E-state index in [4.69, 9.17) is 0 Å². The Bertz CT molecular complexity index is 1510. The van der Waals surface area contributed by atoms with Crippen molar-refractivity contribution in [3.8, 4) is 22.3 Å². The Morgan fingerprint density at radius 1 is 0.778 bits per heavy atom. The molecule has 1 aliphatic carbocycles. The highest BCUT2D eigenvalue weighted by atomic mass is 14.9. The van der Waals surface area contributed by atoms with E-state index in [0.717, 1.165) is 16.9 Å². The third kappa shape index (κ3) is 4.22. The molecule has 0 heterocycles. The molecule has 0 bridgehead atoms. The molecule has 0 spiro atoms. The first-order valence-corrected chi connectivity index (χ1v) is 12.6. The summed E-state index contributed by atoms with van der Waals surface area (Å²) in [6, 6.07) is 30.8. The van der Waals surface area contributed by atoms with Crippen molar-refractivity contribution in [2.24, 2.45) is 0 Å². The smallest absolute Gasteiger partial charge is 0.0390 e. The number of hydrogen-bond acceptors (Lipinski definition) is 1. The molecule has 0 saturated heterocycles. The average Bonchev–Trinajstić information content (AvgIpc) is 3.11. The van der Waals surface area contributed by atoms with E-state index in [1.165, 1.54) is 44.5 Å². The van der Waals surface area contributed by atoms with E-state index >= 15 is 0 Å². The van der Waals surface area contributed by atoms with Gasteiger partial charge in [-0.25, -0.2) is 0 Å². The molecule has 0 amide bonds. The van der Waals surface area contributed by atoms with Crippen LogP contribution in [0.1, 0.15) is 43.0 Å². The summed E-state index contributed by atoms with van der Waals surface area (Å²) in [6.45, 7) is 12.9. The largest absolute Gasteiger partial charge is 0.356 e. The topological polar surface area (TPSA) is 12.0 Å². The van der Waals surface area contributed by atoms with Crippen molar-refractivity contribution in [2.75, 3.05) is 5.32 Å². The molecule has 0 aromatic heterocycles. The Labute approximate surface area is 215 Å². The SMILES string of the molecule is C=C/C(=C\C=C/C)c1ccc2c(c1)C(C)(C)c1cc(Nc3cccc(-c4ccccc4C)c3)ccc1-2. The summed E-state index contributed by atoms with van der Waals surface area (Å²) in [5, 5.41) is 3.66. The number of nitrogens with one attached hydrogen (secondary N) is 1. The van der Waals surface area contributed by atoms with Crippen molar-refractivity contribution in [1.82, 2.24) is 0 Å². The number of aryl methyl sites for hydroxylation is 1. The van der Waals surface area contributed by atoms with Crippen LogP contribution in [0.25, 0.3) is 27.8 Å². The second-order valence-corrected chi connectivity index (χ2v) is 10.0. The first-order valence-electron chi connectivity index (χ1n) is 12.6. The Hall–Kier alpha value is -4.10. The first kappa shape index (κ1) is 23.6. The van der Waals surface area contributed by atoms with E-state index in [9.17, 15) is 0 Å². The van der Waals surface area contributed by atoms with Crippen molar-refractivity contribution in [3.05, 3.63) is 138 Å². The fourth-order valence-electron chi connectivity index (χ4n) is 5.30. The van der Waals surface area contributed by atoms with E-state index < -0.39 is 0 Å². The minimum Gasteiger partial charge on any atom is -0.356 e. The maximum absolute atomic E-state index is 4.03. The zero-order valence-corrected chi connectivity index (χ0v) is 21.6. The molecule has 36 heavy (non-hydrogen) atoms. The highest BCUT2D eigenvalue weighted by Gasteiger charge is 2.35. The number of allylic oxidation sites excluding steroid dienone is 5. The lowest BCUT2D eigenvalue weighted by Gasteiger charge is -2.23. The van der Waals surface area contributed by atoms with Crippen LogP contribution in [-0.2, 0) is 5.41 Å². The van der Waals surface area contributed by atoms with Crippen LogP contribution >= 0.6 is 0 Å². The summed E-state index contributed by atoms with van der Waals surface area (Å²) in [5.74, 6) is 0. The lowest BCUT2D eigenvalue weighted by molar-refractivity contribution is 0.660. The zero-order valence-electron chi connectivity index (χ0n) is 21.6. The number of benzene rings is 4. The van der Waals surface area contributed by atoms with Crippen LogP contribution < -0.4 is 5.32 Å². The highest BCUT2D eigenvalue weighted by Crippen LogP contribution is 2.50. The van der Waals surface area contributed by atoms with Gasteiger partial charge in [0, 0.05) is 16.8 Å². The van der Waals surface area contributed by atoms with Crippen LogP contribution in [0.15, 0.2) is 116 Å². The van der Waals surface area contributed by atoms with Crippen LogP contribution in [0.5, 0.6) is 0 Å². The van der Waals surface area contributed by atoms with E-state index in [1.54, 1.807) is 0 Å². The van der Waals surface area contributed by atoms with Gasteiger partial charge >= 0.3 is 0 Å². The van der Waals surface area contributed by atoms with E-state index in [0.29, 0.717) is 0 Å². The summed E-state index contributed by atoms with van der Waals surface area (Å²) in [7, 11) is 0. The molecule has 0 unspecified atom stereocenters. The van der Waals surface area contributed by atoms with Crippen LogP contribution in [0, 0.1) is 6.92 Å². The molecule has 0 fully saturated rings. The van der Waals surface area contributed by atoms with Crippen LogP contribution in [0.4, 0.5) is 11.4 Å². The van der Waals surface area contributed by atoms with Gasteiger partial charge in [-0.2, -0.15) is 0 Å². The number of hydrogen-bond donors (Lipinski definition) is 1. The van der Waals surface area contributed by atoms with Gasteiger partial charge in [0.1, 0.15) is 0 Å². The van der Waals surface area contributed by atoms with E-state index in [1.807, 2.05) is 19.1 Å². The number of fused-ring (bicyclic) bond motifs is 3. The van der Waals surface area contributed by atoms with Gasteiger partial charge in [-0.05, 0) is 94.3 Å². The Morgan fingerprint density at radius 3 is 2.25 bits per heavy atom. The van der Waals surface area contributed by atoms with Crippen molar-refractivity contribution < 1.29 is 0 Å². The summed E-state index contributed by atoms with van der Waals surface area (Å²) < 4.78 is 0. The zero-order chi connectivity index (χ0) is 25.3. The van der Waals surface area contributed by atoms with E-state index in [-0.39, 0.29) is 5.41 Å². The van der Waals surface area contributed by atoms with Gasteiger partial charge < -0.3 is 5.32 Å². The summed E-state index contributed by atoms with van der Waals surface area (Å²) >= 11 is 0. The minimum absolute atomic E-state index is 0.0890. The second kappa shape index (κ2) is 9.51. The van der Waals surface area contributed by atoms with E-state index in [2.05, 4.69) is 130 Å². The molecular formula is C35H33N. The van der Waals surface area contributed by atoms with Gasteiger partial charge in [-0.15, -0.1) is 0 Å². The maximum Gasteiger partial charge on any atom is 0.0390 e. The molecule has 178 valence electrons. The highest BCUT2D eigenvalue weighted by molar-refractivity contribution is 5.86. The Kier molecular flexibility index (Phi) is 6.24. The molecule has 1 nitrogen and oxygen atoms in total. The Balaban J connectivity index is 1.48. The summed E-state index contributed by atoms with van der Waals surface area (Å²) in [5.41, 5.74) is 13.6. The normalized spacial score (nSPS) is 13.9. The van der Waals surface area contributed by atoms with Crippen LogP contribution in [0.2, 0.25) is 0 Å². The lowest BCUT2D eigenvalue weighted by atomic mass is 9.81. The molecule has 5 rings (SSSR count).